The summed E-state index contributed by atoms with van der Waals surface area (Å²) in [6.45, 7) is 0.311. The Hall–Kier alpha value is -1.31. The fourth-order valence-electron chi connectivity index (χ4n) is 1.01. The summed E-state index contributed by atoms with van der Waals surface area (Å²) in [6.07, 6.45) is 0. The van der Waals surface area contributed by atoms with E-state index in [9.17, 15) is 4.79 Å². The first-order valence-electron chi connectivity index (χ1n) is 4.26. The number of hydrogen-bond acceptors (Lipinski definition) is 3. The number of nitrogens with two attached hydrogens (primary N) is 1. The van der Waals surface area contributed by atoms with Crippen LogP contribution < -0.4 is 5.73 Å². The maximum absolute atomic E-state index is 11.2. The molecule has 0 saturated carbocycles. The van der Waals surface area contributed by atoms with Crippen LogP contribution in [-0.2, 0) is 4.74 Å². The van der Waals surface area contributed by atoms with E-state index in [1.165, 1.54) is 7.11 Å². The van der Waals surface area contributed by atoms with Gasteiger partial charge >= 0.3 is 5.97 Å². The predicted octanol–water partition coefficient (Wildman–Crippen LogP) is 1.55. The molecule has 0 spiro atoms. The number of carbonyl (C=O) groups is 1. The number of halogens is 1. The fraction of sp³-hybridized carbons (Fsp3) is 0.182. The first kappa shape index (κ1) is 11.8. The zero-order chi connectivity index (χ0) is 11.3. The number of carbonyl (C=O) groups excluding carboxylic acids is 1. The van der Waals surface area contributed by atoms with Crippen molar-refractivity contribution in [3.63, 3.8) is 0 Å². The third kappa shape index (κ3) is 3.08. The van der Waals surface area contributed by atoms with Crippen LogP contribution in [0.2, 0.25) is 0 Å². The van der Waals surface area contributed by atoms with Crippen molar-refractivity contribution >= 4 is 21.9 Å². The van der Waals surface area contributed by atoms with Crippen LogP contribution in [0.15, 0.2) is 22.7 Å². The molecule has 0 aliphatic heterocycles. The minimum Gasteiger partial charge on any atom is -0.465 e. The Labute approximate surface area is 96.7 Å². The van der Waals surface area contributed by atoms with Crippen LogP contribution in [0.1, 0.15) is 15.9 Å². The molecule has 0 radical (unpaired) electrons. The molecule has 3 nitrogen and oxygen atoms in total. The van der Waals surface area contributed by atoms with E-state index in [0.717, 1.165) is 10.0 Å². The maximum atomic E-state index is 11.2. The predicted molar refractivity (Wildman–Crippen MR) is 61.4 cm³/mol. The number of ether oxygens (including phenoxy) is 1. The molecule has 1 rings (SSSR count). The third-order valence-electron chi connectivity index (χ3n) is 1.72. The van der Waals surface area contributed by atoms with E-state index >= 15 is 0 Å². The summed E-state index contributed by atoms with van der Waals surface area (Å²) in [4.78, 5) is 11.2. The smallest absolute Gasteiger partial charge is 0.337 e. The molecule has 1 aromatic rings. The Kier molecular flexibility index (Phi) is 4.35. The van der Waals surface area contributed by atoms with E-state index in [1.54, 1.807) is 18.2 Å². The highest BCUT2D eigenvalue weighted by Crippen LogP contribution is 2.18. The topological polar surface area (TPSA) is 52.3 Å². The molecule has 4 heteroatoms. The number of methoxy groups -OCH3 is 1. The molecule has 0 heterocycles. The van der Waals surface area contributed by atoms with Gasteiger partial charge in [0, 0.05) is 10.0 Å². The van der Waals surface area contributed by atoms with Crippen LogP contribution in [0.25, 0.3) is 0 Å². The van der Waals surface area contributed by atoms with Gasteiger partial charge in [0.2, 0.25) is 0 Å². The second-order valence-corrected chi connectivity index (χ2v) is 3.55. The van der Waals surface area contributed by atoms with E-state index in [2.05, 4.69) is 32.5 Å². The largest absolute Gasteiger partial charge is 0.465 e. The first-order chi connectivity index (χ1) is 7.19. The summed E-state index contributed by atoms with van der Waals surface area (Å²) >= 11 is 3.32. The van der Waals surface area contributed by atoms with Gasteiger partial charge in [-0.3, -0.25) is 0 Å². The Morgan fingerprint density at radius 1 is 1.60 bits per heavy atom. The molecule has 1 aromatic carbocycles. The van der Waals surface area contributed by atoms with Gasteiger partial charge in [0.25, 0.3) is 0 Å². The summed E-state index contributed by atoms with van der Waals surface area (Å²) < 4.78 is 5.35. The molecule has 0 saturated heterocycles. The zero-order valence-corrected chi connectivity index (χ0v) is 9.80. The molecule has 0 amide bonds. The highest BCUT2D eigenvalue weighted by Gasteiger charge is 2.06. The van der Waals surface area contributed by atoms with Crippen molar-refractivity contribution in [2.24, 2.45) is 5.73 Å². The van der Waals surface area contributed by atoms with Crippen molar-refractivity contribution in [1.82, 2.24) is 0 Å². The van der Waals surface area contributed by atoms with Crippen molar-refractivity contribution in [3.8, 4) is 11.8 Å². The standard InChI is InChI=1S/C11H10BrNO2/c1-15-11(14)9-5-4-8(3-2-6-13)10(12)7-9/h4-5,7H,6,13H2,1H3. The van der Waals surface area contributed by atoms with E-state index in [1.807, 2.05) is 0 Å². The normalized spacial score (nSPS) is 9.00. The first-order valence-corrected chi connectivity index (χ1v) is 5.05. The third-order valence-corrected chi connectivity index (χ3v) is 2.37. The lowest BCUT2D eigenvalue weighted by Crippen LogP contribution is -2.01. The Balaban J connectivity index is 3.03. The number of rotatable bonds is 1. The highest BCUT2D eigenvalue weighted by atomic mass is 79.9. The second kappa shape index (κ2) is 5.54. The second-order valence-electron chi connectivity index (χ2n) is 2.69. The number of hydrogen-bond donors (Lipinski definition) is 1. The maximum Gasteiger partial charge on any atom is 0.337 e. The van der Waals surface area contributed by atoms with Gasteiger partial charge in [-0.25, -0.2) is 4.79 Å². The molecule has 15 heavy (non-hydrogen) atoms. The van der Waals surface area contributed by atoms with E-state index < -0.39 is 0 Å². The van der Waals surface area contributed by atoms with Crippen LogP contribution in [0, 0.1) is 11.8 Å². The van der Waals surface area contributed by atoms with Crippen molar-refractivity contribution in [3.05, 3.63) is 33.8 Å². The molecular formula is C11H10BrNO2. The molecule has 78 valence electrons. The lowest BCUT2D eigenvalue weighted by Gasteiger charge is -2.01. The fourth-order valence-corrected chi connectivity index (χ4v) is 1.49. The Morgan fingerprint density at radius 2 is 2.33 bits per heavy atom. The van der Waals surface area contributed by atoms with E-state index in [4.69, 9.17) is 5.73 Å². The SMILES string of the molecule is COC(=O)c1ccc(C#CCN)c(Br)c1. The Bertz CT molecular complexity index is 432. The van der Waals surface area contributed by atoms with Crippen LogP contribution in [0.4, 0.5) is 0 Å². The molecule has 0 bridgehead atoms. The van der Waals surface area contributed by atoms with Crippen LogP contribution in [0.3, 0.4) is 0 Å². The van der Waals surface area contributed by atoms with Crippen LogP contribution >= 0.6 is 15.9 Å². The summed E-state index contributed by atoms with van der Waals surface area (Å²) in [5, 5.41) is 0. The molecular weight excluding hydrogens is 258 g/mol. The lowest BCUT2D eigenvalue weighted by molar-refractivity contribution is 0.0600. The van der Waals surface area contributed by atoms with Gasteiger partial charge in [-0.15, -0.1) is 0 Å². The van der Waals surface area contributed by atoms with Gasteiger partial charge in [0.1, 0.15) is 0 Å². The number of esters is 1. The van der Waals surface area contributed by atoms with Gasteiger partial charge in [-0.2, -0.15) is 0 Å². The molecule has 0 aromatic heterocycles. The molecule has 0 aliphatic rings. The molecule has 2 N–H and O–H groups in total. The monoisotopic (exact) mass is 267 g/mol. The van der Waals surface area contributed by atoms with Crippen molar-refractivity contribution in [2.75, 3.05) is 13.7 Å². The quantitative estimate of drug-likeness (QED) is 0.621. The summed E-state index contributed by atoms with van der Waals surface area (Å²) in [5.41, 5.74) is 6.55. The highest BCUT2D eigenvalue weighted by molar-refractivity contribution is 9.10. The van der Waals surface area contributed by atoms with Gasteiger partial charge in [-0.1, -0.05) is 11.8 Å². The number of benzene rings is 1. The van der Waals surface area contributed by atoms with Crippen LogP contribution in [0.5, 0.6) is 0 Å². The summed E-state index contributed by atoms with van der Waals surface area (Å²) in [5.74, 6) is 5.26. The lowest BCUT2D eigenvalue weighted by atomic mass is 10.1. The molecule has 0 fully saturated rings. The molecule has 0 atom stereocenters. The minimum atomic E-state index is -0.367. The average molecular weight is 268 g/mol. The van der Waals surface area contributed by atoms with Crippen molar-refractivity contribution in [1.29, 1.82) is 0 Å². The molecule has 0 aliphatic carbocycles. The van der Waals surface area contributed by atoms with E-state index in [0.29, 0.717) is 12.1 Å². The summed E-state index contributed by atoms with van der Waals surface area (Å²) in [7, 11) is 1.35. The van der Waals surface area contributed by atoms with Crippen molar-refractivity contribution in [2.45, 2.75) is 0 Å². The zero-order valence-electron chi connectivity index (χ0n) is 8.21. The van der Waals surface area contributed by atoms with Gasteiger partial charge < -0.3 is 10.5 Å². The molecule has 0 unspecified atom stereocenters. The average Bonchev–Trinajstić information content (AvgIpc) is 2.26. The van der Waals surface area contributed by atoms with Crippen molar-refractivity contribution < 1.29 is 9.53 Å². The summed E-state index contributed by atoms with van der Waals surface area (Å²) in [6, 6.07) is 5.09. The van der Waals surface area contributed by atoms with Crippen LogP contribution in [-0.4, -0.2) is 19.6 Å². The van der Waals surface area contributed by atoms with Gasteiger partial charge in [0.05, 0.1) is 19.2 Å². The Morgan fingerprint density at radius 3 is 2.87 bits per heavy atom. The van der Waals surface area contributed by atoms with Gasteiger partial charge in [-0.05, 0) is 34.1 Å². The van der Waals surface area contributed by atoms with E-state index in [-0.39, 0.29) is 5.97 Å². The van der Waals surface area contributed by atoms with Gasteiger partial charge in [0.15, 0.2) is 0 Å². The minimum absolute atomic E-state index is 0.311.